The lowest BCUT2D eigenvalue weighted by Crippen LogP contribution is -2.37. The molecule has 150 valence electrons. The first-order chi connectivity index (χ1) is 14.5. The number of hydrogen-bond acceptors (Lipinski definition) is 5. The van der Waals surface area contributed by atoms with E-state index in [4.69, 9.17) is 4.74 Å². The van der Waals surface area contributed by atoms with E-state index in [1.54, 1.807) is 66.7 Å². The van der Waals surface area contributed by atoms with Gasteiger partial charge < -0.3 is 4.74 Å². The largest absolute Gasteiger partial charge is 0.497 e. The maximum atomic E-state index is 13.7. The maximum absolute atomic E-state index is 13.7. The molecule has 0 unspecified atom stereocenters. The van der Waals surface area contributed by atoms with Crippen LogP contribution >= 0.6 is 0 Å². The zero-order valence-electron chi connectivity index (χ0n) is 16.1. The average Bonchev–Trinajstić information content (AvgIpc) is 2.79. The number of carbonyl (C=O) groups is 1. The fourth-order valence-electron chi connectivity index (χ4n) is 3.16. The molecule has 30 heavy (non-hydrogen) atoms. The van der Waals surface area contributed by atoms with Crippen molar-refractivity contribution in [3.05, 3.63) is 96.7 Å². The SMILES string of the molecule is COc1ccc(N(C(=O)c2ccccc2)S(=O)(=O)c2cccc3cccnc23)cc1. The molecule has 3 aromatic carbocycles. The summed E-state index contributed by atoms with van der Waals surface area (Å²) >= 11 is 0. The molecule has 0 fully saturated rings. The van der Waals surface area contributed by atoms with Gasteiger partial charge in [-0.05, 0) is 48.5 Å². The van der Waals surface area contributed by atoms with Crippen LogP contribution in [0.3, 0.4) is 0 Å². The summed E-state index contributed by atoms with van der Waals surface area (Å²) < 4.78 is 33.5. The van der Waals surface area contributed by atoms with Gasteiger partial charge in [-0.3, -0.25) is 9.78 Å². The van der Waals surface area contributed by atoms with Crippen molar-refractivity contribution < 1.29 is 17.9 Å². The molecule has 4 rings (SSSR count). The number of para-hydroxylation sites is 1. The Labute approximate surface area is 174 Å². The van der Waals surface area contributed by atoms with Crippen LogP contribution in [-0.2, 0) is 10.0 Å². The van der Waals surface area contributed by atoms with E-state index in [1.165, 1.54) is 31.5 Å². The Morgan fingerprint density at radius 1 is 0.867 bits per heavy atom. The summed E-state index contributed by atoms with van der Waals surface area (Å²) in [4.78, 5) is 17.6. The van der Waals surface area contributed by atoms with Crippen LogP contribution in [0.1, 0.15) is 10.4 Å². The number of methoxy groups -OCH3 is 1. The van der Waals surface area contributed by atoms with Gasteiger partial charge in [0.2, 0.25) is 0 Å². The molecule has 1 aromatic heterocycles. The molecule has 0 radical (unpaired) electrons. The number of nitrogens with zero attached hydrogens (tertiary/aromatic N) is 2. The van der Waals surface area contributed by atoms with Crippen molar-refractivity contribution in [2.45, 2.75) is 4.90 Å². The monoisotopic (exact) mass is 418 g/mol. The highest BCUT2D eigenvalue weighted by Crippen LogP contribution is 2.30. The van der Waals surface area contributed by atoms with E-state index in [0.717, 1.165) is 4.31 Å². The number of hydrogen-bond donors (Lipinski definition) is 0. The highest BCUT2D eigenvalue weighted by molar-refractivity contribution is 7.93. The van der Waals surface area contributed by atoms with Gasteiger partial charge in [-0.1, -0.05) is 36.4 Å². The minimum Gasteiger partial charge on any atom is -0.497 e. The quantitative estimate of drug-likeness (QED) is 0.484. The molecule has 6 nitrogen and oxygen atoms in total. The zero-order chi connectivity index (χ0) is 21.1. The van der Waals surface area contributed by atoms with E-state index in [0.29, 0.717) is 16.7 Å². The third-order valence-corrected chi connectivity index (χ3v) is 6.37. The number of sulfonamides is 1. The van der Waals surface area contributed by atoms with Gasteiger partial charge in [0.05, 0.1) is 18.3 Å². The molecule has 1 heterocycles. The molecule has 0 aliphatic heterocycles. The van der Waals surface area contributed by atoms with E-state index in [2.05, 4.69) is 4.98 Å². The number of carbonyl (C=O) groups excluding carboxylic acids is 1. The molecule has 0 N–H and O–H groups in total. The molecule has 0 aliphatic carbocycles. The Balaban J connectivity index is 1.93. The summed E-state index contributed by atoms with van der Waals surface area (Å²) in [5, 5.41) is 0.667. The predicted octanol–water partition coefficient (Wildman–Crippen LogP) is 4.28. The molecule has 0 spiro atoms. The second kappa shape index (κ2) is 7.96. The van der Waals surface area contributed by atoms with Crippen molar-refractivity contribution in [1.29, 1.82) is 0 Å². The minimum atomic E-state index is -4.27. The number of fused-ring (bicyclic) bond motifs is 1. The van der Waals surface area contributed by atoms with Gasteiger partial charge in [0.1, 0.15) is 10.6 Å². The van der Waals surface area contributed by atoms with Crippen molar-refractivity contribution in [2.24, 2.45) is 0 Å². The van der Waals surface area contributed by atoms with Crippen LogP contribution in [0.4, 0.5) is 5.69 Å². The number of pyridine rings is 1. The Morgan fingerprint density at radius 3 is 2.27 bits per heavy atom. The predicted molar refractivity (Wildman–Crippen MR) is 115 cm³/mol. The Bertz CT molecular complexity index is 1300. The molecule has 0 atom stereocenters. The first-order valence-corrected chi connectivity index (χ1v) is 10.6. The highest BCUT2D eigenvalue weighted by Gasteiger charge is 2.33. The lowest BCUT2D eigenvalue weighted by atomic mass is 10.2. The van der Waals surface area contributed by atoms with Crippen LogP contribution in [0.25, 0.3) is 10.9 Å². The molecule has 0 saturated carbocycles. The van der Waals surface area contributed by atoms with Gasteiger partial charge in [0.25, 0.3) is 15.9 Å². The molecular weight excluding hydrogens is 400 g/mol. The van der Waals surface area contributed by atoms with Crippen molar-refractivity contribution in [3.8, 4) is 5.75 Å². The van der Waals surface area contributed by atoms with Crippen molar-refractivity contribution >= 4 is 32.5 Å². The van der Waals surface area contributed by atoms with Crippen molar-refractivity contribution in [3.63, 3.8) is 0 Å². The molecule has 7 heteroatoms. The standard InChI is InChI=1S/C23H18N2O4S/c1-29-20-14-12-19(13-15-20)25(23(26)18-7-3-2-4-8-18)30(27,28)21-11-5-9-17-10-6-16-24-22(17)21/h2-16H,1H3. The normalized spacial score (nSPS) is 11.2. The Kier molecular flexibility index (Phi) is 5.20. The van der Waals surface area contributed by atoms with Gasteiger partial charge in [-0.25, -0.2) is 8.42 Å². The minimum absolute atomic E-state index is 0.0410. The number of benzene rings is 3. The van der Waals surface area contributed by atoms with Gasteiger partial charge in [0.15, 0.2) is 0 Å². The number of rotatable bonds is 5. The van der Waals surface area contributed by atoms with Crippen LogP contribution in [-0.4, -0.2) is 26.4 Å². The fourth-order valence-corrected chi connectivity index (χ4v) is 4.75. The highest BCUT2D eigenvalue weighted by atomic mass is 32.2. The van der Waals surface area contributed by atoms with Crippen molar-refractivity contribution in [1.82, 2.24) is 4.98 Å². The van der Waals surface area contributed by atoms with E-state index < -0.39 is 15.9 Å². The van der Waals surface area contributed by atoms with E-state index in [1.807, 2.05) is 0 Å². The lowest BCUT2D eigenvalue weighted by molar-refractivity contribution is 0.101. The summed E-state index contributed by atoms with van der Waals surface area (Å²) in [6, 6.07) is 23.0. The van der Waals surface area contributed by atoms with Gasteiger partial charge >= 0.3 is 0 Å². The lowest BCUT2D eigenvalue weighted by Gasteiger charge is -2.23. The van der Waals surface area contributed by atoms with Crippen LogP contribution in [0.15, 0.2) is 96.0 Å². The summed E-state index contributed by atoms with van der Waals surface area (Å²) in [5.74, 6) is -0.108. The fraction of sp³-hybridized carbons (Fsp3) is 0.0435. The maximum Gasteiger partial charge on any atom is 0.273 e. The second-order valence-electron chi connectivity index (χ2n) is 6.47. The number of anilines is 1. The van der Waals surface area contributed by atoms with Crippen molar-refractivity contribution in [2.75, 3.05) is 11.4 Å². The number of aromatic nitrogens is 1. The molecule has 4 aromatic rings. The Morgan fingerprint density at radius 2 is 1.57 bits per heavy atom. The van der Waals surface area contributed by atoms with Gasteiger partial charge in [-0.15, -0.1) is 0 Å². The zero-order valence-corrected chi connectivity index (χ0v) is 16.9. The topological polar surface area (TPSA) is 76.6 Å². The summed E-state index contributed by atoms with van der Waals surface area (Å²) in [6.45, 7) is 0. The molecule has 0 aliphatic rings. The molecule has 1 amide bonds. The third kappa shape index (κ3) is 3.51. The van der Waals surface area contributed by atoms with Gasteiger partial charge in [-0.2, -0.15) is 4.31 Å². The van der Waals surface area contributed by atoms with Crippen LogP contribution in [0.5, 0.6) is 5.75 Å². The number of amides is 1. The first kappa shape index (κ1) is 19.6. The van der Waals surface area contributed by atoms with E-state index in [-0.39, 0.29) is 16.1 Å². The summed E-state index contributed by atoms with van der Waals surface area (Å²) in [6.07, 6.45) is 1.53. The van der Waals surface area contributed by atoms with E-state index >= 15 is 0 Å². The van der Waals surface area contributed by atoms with Crippen LogP contribution in [0.2, 0.25) is 0 Å². The molecule has 0 bridgehead atoms. The third-order valence-electron chi connectivity index (χ3n) is 4.63. The Hall–Kier alpha value is -3.71. The smallest absolute Gasteiger partial charge is 0.273 e. The van der Waals surface area contributed by atoms with Gasteiger partial charge in [0, 0.05) is 17.1 Å². The average molecular weight is 418 g/mol. The van der Waals surface area contributed by atoms with Crippen LogP contribution in [0, 0.1) is 0 Å². The summed E-state index contributed by atoms with van der Waals surface area (Å²) in [7, 11) is -2.75. The molecular formula is C23H18N2O4S. The first-order valence-electron chi connectivity index (χ1n) is 9.15. The molecule has 0 saturated heterocycles. The number of ether oxygens (including phenoxy) is 1. The summed E-state index contributed by atoms with van der Waals surface area (Å²) in [5.41, 5.74) is 0.766. The second-order valence-corrected chi connectivity index (χ2v) is 8.23. The van der Waals surface area contributed by atoms with Crippen LogP contribution < -0.4 is 9.04 Å². The van der Waals surface area contributed by atoms with E-state index in [9.17, 15) is 13.2 Å².